The first-order valence-corrected chi connectivity index (χ1v) is 8.47. The van der Waals surface area contributed by atoms with E-state index in [1.54, 1.807) is 31.5 Å². The molecule has 0 spiro atoms. The molecule has 4 rings (SSSR count). The molecule has 9 heteroatoms. The number of nitrogens with one attached hydrogen (secondary N) is 2. The predicted molar refractivity (Wildman–Crippen MR) is 99.5 cm³/mol. The quantitative estimate of drug-likeness (QED) is 0.394. The monoisotopic (exact) mass is 377 g/mol. The van der Waals surface area contributed by atoms with E-state index in [2.05, 4.69) is 25.3 Å². The van der Waals surface area contributed by atoms with E-state index in [9.17, 15) is 9.59 Å². The van der Waals surface area contributed by atoms with Crippen LogP contribution in [0.3, 0.4) is 0 Å². The van der Waals surface area contributed by atoms with E-state index >= 15 is 0 Å². The largest absolute Gasteiger partial charge is 0.462 e. The summed E-state index contributed by atoms with van der Waals surface area (Å²) >= 11 is 0. The molecular formula is C19H15N5O4. The summed E-state index contributed by atoms with van der Waals surface area (Å²) in [5.41, 5.74) is 1.64. The summed E-state index contributed by atoms with van der Waals surface area (Å²) in [7, 11) is 0. The Hall–Kier alpha value is -4.01. The Labute approximate surface area is 159 Å². The minimum Gasteiger partial charge on any atom is -0.462 e. The van der Waals surface area contributed by atoms with Gasteiger partial charge in [0.05, 0.1) is 24.7 Å². The van der Waals surface area contributed by atoms with E-state index < -0.39 is 11.8 Å². The number of nitrogens with zero attached hydrogens (tertiary/aromatic N) is 3. The van der Waals surface area contributed by atoms with Crippen molar-refractivity contribution in [2.45, 2.75) is 6.92 Å². The number of Topliss-reactive ketones (excluding diaryl/α,β-unsaturated/α-hetero) is 1. The fourth-order valence-corrected chi connectivity index (χ4v) is 2.74. The molecule has 1 aliphatic rings. The molecule has 28 heavy (non-hydrogen) atoms. The van der Waals surface area contributed by atoms with Crippen LogP contribution in [0.1, 0.15) is 12.5 Å². The molecule has 9 nitrogen and oxygen atoms in total. The zero-order chi connectivity index (χ0) is 19.5. The van der Waals surface area contributed by atoms with Crippen molar-refractivity contribution in [3.63, 3.8) is 0 Å². The van der Waals surface area contributed by atoms with Gasteiger partial charge in [-0.05, 0) is 25.1 Å². The van der Waals surface area contributed by atoms with Crippen LogP contribution < -0.4 is 5.32 Å². The third-order valence-electron chi connectivity index (χ3n) is 3.96. The van der Waals surface area contributed by atoms with Gasteiger partial charge in [-0.3, -0.25) is 4.79 Å². The van der Waals surface area contributed by atoms with Crippen molar-refractivity contribution >= 4 is 34.5 Å². The molecule has 1 aliphatic heterocycles. The number of carbonyl (C=O) groups is 2. The molecule has 0 saturated carbocycles. The molecule has 0 amide bonds. The summed E-state index contributed by atoms with van der Waals surface area (Å²) in [6.07, 6.45) is 9.27. The van der Waals surface area contributed by atoms with Gasteiger partial charge in [-0.1, -0.05) is 0 Å². The number of ether oxygens (including phenoxy) is 2. The molecule has 0 aliphatic carbocycles. The summed E-state index contributed by atoms with van der Waals surface area (Å²) in [6, 6.07) is 3.66. The second-order valence-corrected chi connectivity index (χ2v) is 5.76. The molecule has 0 atom stereocenters. The van der Waals surface area contributed by atoms with Gasteiger partial charge in [0.1, 0.15) is 12.0 Å². The zero-order valence-corrected chi connectivity index (χ0v) is 14.8. The number of carbonyl (C=O) groups excluding carboxylic acids is 2. The van der Waals surface area contributed by atoms with Crippen LogP contribution in [0.2, 0.25) is 0 Å². The Morgan fingerprint density at radius 2 is 2.18 bits per heavy atom. The van der Waals surface area contributed by atoms with Crippen molar-refractivity contribution in [2.75, 3.05) is 11.9 Å². The van der Waals surface area contributed by atoms with Gasteiger partial charge in [0.25, 0.3) is 0 Å². The number of hydrogen-bond donors (Lipinski definition) is 2. The lowest BCUT2D eigenvalue weighted by Gasteiger charge is -2.07. The van der Waals surface area contributed by atoms with Gasteiger partial charge in [0, 0.05) is 23.3 Å². The number of pyridine rings is 1. The number of ketones is 1. The van der Waals surface area contributed by atoms with Crippen LogP contribution in [-0.4, -0.2) is 38.3 Å². The van der Waals surface area contributed by atoms with Gasteiger partial charge in [0.2, 0.25) is 11.7 Å². The average Bonchev–Trinajstić information content (AvgIpc) is 3.24. The van der Waals surface area contributed by atoms with Crippen LogP contribution in [0.15, 0.2) is 60.5 Å². The maximum absolute atomic E-state index is 12.8. The second-order valence-electron chi connectivity index (χ2n) is 5.76. The minimum atomic E-state index is -0.768. The Bertz CT molecular complexity index is 1120. The van der Waals surface area contributed by atoms with Gasteiger partial charge < -0.3 is 19.8 Å². The standard InChI is InChI=1S/C19H15N5O4/c1-2-27-19(26)15-16(25)14(28-18(15)24-12-8-20-10-21-9-12)6-11-7-23-17-13(11)4-3-5-22-17/h3-10,24H,2H2,1H3,(H,22,23). The Kier molecular flexibility index (Phi) is 4.55. The summed E-state index contributed by atoms with van der Waals surface area (Å²) in [4.78, 5) is 40.2. The van der Waals surface area contributed by atoms with Gasteiger partial charge in [-0.2, -0.15) is 0 Å². The number of fused-ring (bicyclic) bond motifs is 1. The first-order valence-electron chi connectivity index (χ1n) is 8.47. The molecule has 0 radical (unpaired) electrons. The van der Waals surface area contributed by atoms with E-state index in [0.717, 1.165) is 5.39 Å². The number of allylic oxidation sites excluding steroid dienone is 1. The molecule has 0 unspecified atom stereocenters. The van der Waals surface area contributed by atoms with E-state index in [0.29, 0.717) is 16.9 Å². The number of H-pyrrole nitrogens is 1. The average molecular weight is 377 g/mol. The Morgan fingerprint density at radius 1 is 1.36 bits per heavy atom. The van der Waals surface area contributed by atoms with Crippen molar-refractivity contribution < 1.29 is 19.1 Å². The number of aromatic amines is 1. The second kappa shape index (κ2) is 7.31. The third-order valence-corrected chi connectivity index (χ3v) is 3.96. The Morgan fingerprint density at radius 3 is 2.96 bits per heavy atom. The summed E-state index contributed by atoms with van der Waals surface area (Å²) < 4.78 is 10.7. The lowest BCUT2D eigenvalue weighted by atomic mass is 10.1. The fraction of sp³-hybridized carbons (Fsp3) is 0.105. The first kappa shape index (κ1) is 17.4. The molecular weight excluding hydrogens is 362 g/mol. The number of hydrogen-bond acceptors (Lipinski definition) is 8. The van der Waals surface area contributed by atoms with Gasteiger partial charge in [-0.15, -0.1) is 0 Å². The van der Waals surface area contributed by atoms with Crippen molar-refractivity contribution in [3.8, 4) is 0 Å². The number of esters is 1. The van der Waals surface area contributed by atoms with Crippen molar-refractivity contribution in [2.24, 2.45) is 0 Å². The minimum absolute atomic E-state index is 0.00726. The van der Waals surface area contributed by atoms with Gasteiger partial charge >= 0.3 is 5.97 Å². The number of anilines is 1. The number of rotatable bonds is 5. The van der Waals surface area contributed by atoms with Gasteiger partial charge in [-0.25, -0.2) is 19.7 Å². The molecule has 3 aromatic rings. The molecule has 140 valence electrons. The zero-order valence-electron chi connectivity index (χ0n) is 14.8. The molecule has 4 heterocycles. The SMILES string of the molecule is CCOC(=O)C1=C(Nc2cncnc2)OC(=Cc2c[nH]c3ncccc23)C1=O. The van der Waals surface area contributed by atoms with Crippen LogP contribution >= 0.6 is 0 Å². The first-order chi connectivity index (χ1) is 13.7. The molecule has 0 aromatic carbocycles. The third kappa shape index (κ3) is 3.20. The van der Waals surface area contributed by atoms with Crippen molar-refractivity contribution in [3.05, 3.63) is 66.0 Å². The van der Waals surface area contributed by atoms with E-state index in [-0.39, 0.29) is 23.8 Å². The highest BCUT2D eigenvalue weighted by molar-refractivity contribution is 6.26. The van der Waals surface area contributed by atoms with Crippen molar-refractivity contribution in [1.29, 1.82) is 0 Å². The van der Waals surface area contributed by atoms with E-state index in [1.807, 2.05) is 6.07 Å². The molecule has 0 saturated heterocycles. The fourth-order valence-electron chi connectivity index (χ4n) is 2.74. The Balaban J connectivity index is 1.70. The molecule has 3 aromatic heterocycles. The maximum Gasteiger partial charge on any atom is 0.347 e. The van der Waals surface area contributed by atoms with Crippen LogP contribution in [0.25, 0.3) is 17.1 Å². The van der Waals surface area contributed by atoms with E-state index in [4.69, 9.17) is 9.47 Å². The van der Waals surface area contributed by atoms with Crippen LogP contribution in [0.4, 0.5) is 5.69 Å². The smallest absolute Gasteiger partial charge is 0.347 e. The van der Waals surface area contributed by atoms with E-state index in [1.165, 1.54) is 18.7 Å². The molecule has 0 bridgehead atoms. The van der Waals surface area contributed by atoms with Crippen LogP contribution in [0, 0.1) is 0 Å². The normalized spacial score (nSPS) is 15.2. The highest BCUT2D eigenvalue weighted by Crippen LogP contribution is 2.29. The van der Waals surface area contributed by atoms with Crippen LogP contribution in [0.5, 0.6) is 0 Å². The molecule has 0 fully saturated rings. The van der Waals surface area contributed by atoms with Gasteiger partial charge in [0.15, 0.2) is 11.3 Å². The number of aromatic nitrogens is 4. The summed E-state index contributed by atoms with van der Waals surface area (Å²) in [5.74, 6) is -1.37. The molecule has 2 N–H and O–H groups in total. The van der Waals surface area contributed by atoms with Crippen LogP contribution in [-0.2, 0) is 19.1 Å². The van der Waals surface area contributed by atoms with Crippen molar-refractivity contribution in [1.82, 2.24) is 19.9 Å². The highest BCUT2D eigenvalue weighted by atomic mass is 16.5. The summed E-state index contributed by atoms with van der Waals surface area (Å²) in [5, 5.41) is 3.68. The highest BCUT2D eigenvalue weighted by Gasteiger charge is 2.37. The topological polar surface area (TPSA) is 119 Å². The maximum atomic E-state index is 12.8. The summed E-state index contributed by atoms with van der Waals surface area (Å²) in [6.45, 7) is 1.79. The lowest BCUT2D eigenvalue weighted by Crippen LogP contribution is -2.16. The lowest BCUT2D eigenvalue weighted by molar-refractivity contribution is -0.139. The predicted octanol–water partition coefficient (Wildman–Crippen LogP) is 2.18.